The van der Waals surface area contributed by atoms with E-state index in [-0.39, 0.29) is 24.2 Å². The summed E-state index contributed by atoms with van der Waals surface area (Å²) in [5.41, 5.74) is 1.77. The molecule has 0 radical (unpaired) electrons. The number of benzene rings is 2. The molecule has 0 N–H and O–H groups in total. The molecule has 2 amide bonds. The van der Waals surface area contributed by atoms with Gasteiger partial charge < -0.3 is 9.80 Å². The van der Waals surface area contributed by atoms with Crippen LogP contribution in [0.1, 0.15) is 21.5 Å². The van der Waals surface area contributed by atoms with Crippen molar-refractivity contribution in [3.8, 4) is 0 Å². The van der Waals surface area contributed by atoms with Crippen molar-refractivity contribution < 1.29 is 14.0 Å². The average molecular weight is 452 g/mol. The maximum atomic E-state index is 13.8. The summed E-state index contributed by atoms with van der Waals surface area (Å²) in [5, 5.41) is 0.944. The van der Waals surface area contributed by atoms with Crippen LogP contribution in [0.4, 0.5) is 4.39 Å². The van der Waals surface area contributed by atoms with E-state index in [0.29, 0.717) is 53.9 Å². The van der Waals surface area contributed by atoms with Crippen molar-refractivity contribution in [2.75, 3.05) is 39.8 Å². The first kappa shape index (κ1) is 22.5. The van der Waals surface area contributed by atoms with E-state index in [0.717, 1.165) is 5.56 Å². The molecular weight excluding hydrogens is 428 g/mol. The Kier molecular flexibility index (Phi) is 7.34. The minimum Gasteiger partial charge on any atom is -0.340 e. The fraction of sp³-hybridized carbons (Fsp3) is 0.364. The molecule has 2 aromatic rings. The van der Waals surface area contributed by atoms with Crippen LogP contribution in [0.25, 0.3) is 0 Å². The van der Waals surface area contributed by atoms with Crippen LogP contribution in [-0.4, -0.2) is 66.3 Å². The van der Waals surface area contributed by atoms with Crippen molar-refractivity contribution in [3.63, 3.8) is 0 Å². The number of rotatable bonds is 5. The first-order valence-corrected chi connectivity index (χ1v) is 10.5. The number of likely N-dealkylation sites (N-methyl/N-ethyl adjacent to an activating group) is 1. The second-order valence-electron chi connectivity index (χ2n) is 7.53. The standard InChI is InChI=1S/C22H24Cl2FN3O2/c1-15-3-5-17(12-20(15)25)22(30)28-9-7-27(8-10-28)14-21(29)26(2)13-16-4-6-18(23)19(24)11-16/h3-6,11-12H,7-10,13-14H2,1-2H3. The number of halogens is 3. The van der Waals surface area contributed by atoms with E-state index in [1.54, 1.807) is 48.0 Å². The highest BCUT2D eigenvalue weighted by atomic mass is 35.5. The highest BCUT2D eigenvalue weighted by molar-refractivity contribution is 6.42. The lowest BCUT2D eigenvalue weighted by Crippen LogP contribution is -2.51. The molecule has 0 spiro atoms. The van der Waals surface area contributed by atoms with Crippen LogP contribution in [-0.2, 0) is 11.3 Å². The molecule has 30 heavy (non-hydrogen) atoms. The van der Waals surface area contributed by atoms with Gasteiger partial charge in [-0.2, -0.15) is 0 Å². The minimum absolute atomic E-state index is 0.0125. The van der Waals surface area contributed by atoms with Crippen molar-refractivity contribution >= 4 is 35.0 Å². The molecule has 0 bridgehead atoms. The van der Waals surface area contributed by atoms with Crippen LogP contribution in [0.2, 0.25) is 10.0 Å². The quantitative estimate of drug-likeness (QED) is 0.692. The van der Waals surface area contributed by atoms with Crippen LogP contribution in [0.15, 0.2) is 36.4 Å². The van der Waals surface area contributed by atoms with Crippen molar-refractivity contribution in [1.29, 1.82) is 0 Å². The number of hydrogen-bond donors (Lipinski definition) is 0. The Morgan fingerprint density at radius 1 is 1.03 bits per heavy atom. The summed E-state index contributed by atoms with van der Waals surface area (Å²) in [4.78, 5) is 30.5. The van der Waals surface area contributed by atoms with E-state index in [1.807, 2.05) is 11.0 Å². The summed E-state index contributed by atoms with van der Waals surface area (Å²) in [6.45, 7) is 4.55. The fourth-order valence-corrected chi connectivity index (χ4v) is 3.65. The van der Waals surface area contributed by atoms with Crippen LogP contribution < -0.4 is 0 Å². The van der Waals surface area contributed by atoms with Crippen molar-refractivity contribution in [2.24, 2.45) is 0 Å². The number of hydrogen-bond acceptors (Lipinski definition) is 3. The predicted octanol–water partition coefficient (Wildman–Crippen LogP) is 3.86. The van der Waals surface area contributed by atoms with E-state index in [1.165, 1.54) is 6.07 Å². The van der Waals surface area contributed by atoms with Gasteiger partial charge >= 0.3 is 0 Å². The highest BCUT2D eigenvalue weighted by Gasteiger charge is 2.24. The Bertz CT molecular complexity index is 946. The van der Waals surface area contributed by atoms with Crippen LogP contribution in [0.5, 0.6) is 0 Å². The van der Waals surface area contributed by atoms with Crippen LogP contribution >= 0.6 is 23.2 Å². The maximum Gasteiger partial charge on any atom is 0.254 e. The van der Waals surface area contributed by atoms with Gasteiger partial charge in [0.1, 0.15) is 5.82 Å². The summed E-state index contributed by atoms with van der Waals surface area (Å²) in [6, 6.07) is 9.86. The zero-order chi connectivity index (χ0) is 21.8. The highest BCUT2D eigenvalue weighted by Crippen LogP contribution is 2.23. The largest absolute Gasteiger partial charge is 0.340 e. The number of carbonyl (C=O) groups is 2. The summed E-state index contributed by atoms with van der Waals surface area (Å²) < 4.78 is 13.8. The molecule has 0 aromatic heterocycles. The van der Waals surface area contributed by atoms with Gasteiger partial charge in [-0.15, -0.1) is 0 Å². The van der Waals surface area contributed by atoms with Gasteiger partial charge in [-0.3, -0.25) is 14.5 Å². The van der Waals surface area contributed by atoms with Crippen molar-refractivity contribution in [3.05, 3.63) is 69.0 Å². The van der Waals surface area contributed by atoms with E-state index < -0.39 is 0 Å². The van der Waals surface area contributed by atoms with Gasteiger partial charge in [-0.1, -0.05) is 35.3 Å². The SMILES string of the molecule is Cc1ccc(C(=O)N2CCN(CC(=O)N(C)Cc3ccc(Cl)c(Cl)c3)CC2)cc1F. The number of amides is 2. The molecular formula is C22H24Cl2FN3O2. The Balaban J connectivity index is 1.49. The summed E-state index contributed by atoms with van der Waals surface area (Å²) in [6.07, 6.45) is 0. The lowest BCUT2D eigenvalue weighted by atomic mass is 10.1. The lowest BCUT2D eigenvalue weighted by Gasteiger charge is -2.35. The second kappa shape index (κ2) is 9.77. The van der Waals surface area contributed by atoms with Crippen molar-refractivity contribution in [2.45, 2.75) is 13.5 Å². The zero-order valence-electron chi connectivity index (χ0n) is 17.0. The van der Waals surface area contributed by atoms with E-state index in [2.05, 4.69) is 0 Å². The lowest BCUT2D eigenvalue weighted by molar-refractivity contribution is -0.132. The van der Waals surface area contributed by atoms with Crippen molar-refractivity contribution in [1.82, 2.24) is 14.7 Å². The summed E-state index contributed by atoms with van der Waals surface area (Å²) in [5.74, 6) is -0.576. The number of piperazine rings is 1. The van der Waals surface area contributed by atoms with Crippen LogP contribution in [0, 0.1) is 12.7 Å². The van der Waals surface area contributed by atoms with E-state index in [9.17, 15) is 14.0 Å². The number of nitrogens with zero attached hydrogens (tertiary/aromatic N) is 3. The summed E-state index contributed by atoms with van der Waals surface area (Å²) >= 11 is 12.0. The van der Waals surface area contributed by atoms with Gasteiger partial charge in [-0.25, -0.2) is 4.39 Å². The molecule has 5 nitrogen and oxygen atoms in total. The molecule has 0 saturated carbocycles. The van der Waals surface area contributed by atoms with Gasteiger partial charge in [0, 0.05) is 45.3 Å². The molecule has 8 heteroatoms. The van der Waals surface area contributed by atoms with Gasteiger partial charge in [0.05, 0.1) is 16.6 Å². The minimum atomic E-state index is -0.380. The molecule has 0 aliphatic carbocycles. The third kappa shape index (κ3) is 5.50. The van der Waals surface area contributed by atoms with Gasteiger partial charge in [0.2, 0.25) is 5.91 Å². The first-order valence-electron chi connectivity index (χ1n) is 9.70. The van der Waals surface area contributed by atoms with Gasteiger partial charge in [-0.05, 0) is 42.3 Å². The zero-order valence-corrected chi connectivity index (χ0v) is 18.5. The Morgan fingerprint density at radius 2 is 1.73 bits per heavy atom. The molecule has 1 aliphatic rings. The normalized spacial score (nSPS) is 14.6. The molecule has 0 atom stereocenters. The Labute approximate surface area is 186 Å². The molecule has 1 heterocycles. The average Bonchev–Trinajstić information content (AvgIpc) is 2.72. The molecule has 1 saturated heterocycles. The van der Waals surface area contributed by atoms with Gasteiger partial charge in [0.25, 0.3) is 5.91 Å². The predicted molar refractivity (Wildman–Crippen MR) is 116 cm³/mol. The monoisotopic (exact) mass is 451 g/mol. The molecule has 0 unspecified atom stereocenters. The molecule has 1 fully saturated rings. The Hall–Kier alpha value is -2.15. The van der Waals surface area contributed by atoms with E-state index >= 15 is 0 Å². The first-order chi connectivity index (χ1) is 14.2. The Morgan fingerprint density at radius 3 is 2.37 bits per heavy atom. The smallest absolute Gasteiger partial charge is 0.254 e. The molecule has 1 aliphatic heterocycles. The molecule has 2 aromatic carbocycles. The second-order valence-corrected chi connectivity index (χ2v) is 8.34. The third-order valence-electron chi connectivity index (χ3n) is 5.27. The fourth-order valence-electron chi connectivity index (χ4n) is 3.33. The molecule has 3 rings (SSSR count). The van der Waals surface area contributed by atoms with Gasteiger partial charge in [0.15, 0.2) is 0 Å². The summed E-state index contributed by atoms with van der Waals surface area (Å²) in [7, 11) is 1.75. The van der Waals surface area contributed by atoms with E-state index in [4.69, 9.17) is 23.2 Å². The number of aryl methyl sites for hydroxylation is 1. The number of carbonyl (C=O) groups excluding carboxylic acids is 2. The third-order valence-corrected chi connectivity index (χ3v) is 6.01. The van der Waals surface area contributed by atoms with Crippen LogP contribution in [0.3, 0.4) is 0 Å². The maximum absolute atomic E-state index is 13.8. The molecule has 160 valence electrons. The topological polar surface area (TPSA) is 43.9 Å².